The number of alkyl halides is 3. The number of hydrazine groups is 1. The van der Waals surface area contributed by atoms with Gasteiger partial charge in [0.25, 0.3) is 0 Å². The lowest BCUT2D eigenvalue weighted by Gasteiger charge is -2.32. The van der Waals surface area contributed by atoms with E-state index in [1.807, 2.05) is 24.3 Å². The van der Waals surface area contributed by atoms with Crippen molar-refractivity contribution in [3.05, 3.63) is 71.1 Å². The highest BCUT2D eigenvalue weighted by molar-refractivity contribution is 5.99. The zero-order valence-corrected chi connectivity index (χ0v) is 20.7. The van der Waals surface area contributed by atoms with E-state index in [-0.39, 0.29) is 18.2 Å². The minimum atomic E-state index is -4.63. The third-order valence-electron chi connectivity index (χ3n) is 7.01. The predicted molar refractivity (Wildman–Crippen MR) is 132 cm³/mol. The molecule has 0 radical (unpaired) electrons. The second kappa shape index (κ2) is 10.3. The summed E-state index contributed by atoms with van der Waals surface area (Å²) in [5, 5.41) is 13.9. The van der Waals surface area contributed by atoms with Gasteiger partial charge in [0.05, 0.1) is 36.9 Å². The molecule has 0 aliphatic carbocycles. The van der Waals surface area contributed by atoms with Crippen LogP contribution in [0.5, 0.6) is 0 Å². The van der Waals surface area contributed by atoms with Gasteiger partial charge in [-0.3, -0.25) is 14.5 Å². The van der Waals surface area contributed by atoms with Gasteiger partial charge in [0.1, 0.15) is 0 Å². The van der Waals surface area contributed by atoms with Crippen LogP contribution in [0.3, 0.4) is 0 Å². The normalized spacial score (nSPS) is 20.1. The van der Waals surface area contributed by atoms with Crippen molar-refractivity contribution < 1.29 is 32.7 Å². The molecule has 0 bridgehead atoms. The molecule has 38 heavy (non-hydrogen) atoms. The van der Waals surface area contributed by atoms with Crippen LogP contribution in [0.2, 0.25) is 0 Å². The molecule has 0 spiro atoms. The summed E-state index contributed by atoms with van der Waals surface area (Å²) in [7, 11) is 1.69. The summed E-state index contributed by atoms with van der Waals surface area (Å²) >= 11 is 0. The Labute approximate surface area is 217 Å². The van der Waals surface area contributed by atoms with Crippen LogP contribution in [-0.2, 0) is 27.3 Å². The van der Waals surface area contributed by atoms with Gasteiger partial charge in [-0.2, -0.15) is 13.2 Å². The molecule has 3 aliphatic heterocycles. The van der Waals surface area contributed by atoms with Crippen molar-refractivity contribution in [2.24, 2.45) is 0 Å². The monoisotopic (exact) mass is 531 g/mol. The van der Waals surface area contributed by atoms with Gasteiger partial charge < -0.3 is 20.2 Å². The summed E-state index contributed by atoms with van der Waals surface area (Å²) in [6, 6.07) is 11.9. The lowest BCUT2D eigenvalue weighted by molar-refractivity contribution is -0.136. The molecule has 1 fully saturated rings. The Balaban J connectivity index is 1.37. The van der Waals surface area contributed by atoms with Crippen LogP contribution in [0.25, 0.3) is 0 Å². The molecular weight excluding hydrogens is 503 g/mol. The van der Waals surface area contributed by atoms with Gasteiger partial charge in [-0.15, -0.1) is 0 Å². The second-order valence-electron chi connectivity index (χ2n) is 9.77. The number of likely N-dealkylation sites (tertiary alicyclic amines) is 1. The number of hydrogen-bond donors (Lipinski definition) is 3. The van der Waals surface area contributed by atoms with Crippen molar-refractivity contribution in [1.29, 1.82) is 0 Å². The van der Waals surface area contributed by atoms with Crippen LogP contribution in [0.4, 0.5) is 24.5 Å². The number of fused-ring (bicyclic) bond motifs is 1. The molecule has 9 nitrogen and oxygen atoms in total. The van der Waals surface area contributed by atoms with Gasteiger partial charge in [0, 0.05) is 32.4 Å². The molecular formula is C26H28F3N5O4. The Morgan fingerprint density at radius 2 is 2.08 bits per heavy atom. The van der Waals surface area contributed by atoms with Crippen LogP contribution in [0, 0.1) is 0 Å². The Morgan fingerprint density at radius 1 is 1.26 bits per heavy atom. The molecule has 1 saturated heterocycles. The average molecular weight is 532 g/mol. The van der Waals surface area contributed by atoms with Gasteiger partial charge in [0.15, 0.2) is 0 Å². The number of halogens is 3. The van der Waals surface area contributed by atoms with Crippen molar-refractivity contribution in [3.8, 4) is 0 Å². The van der Waals surface area contributed by atoms with Crippen molar-refractivity contribution in [1.82, 2.24) is 15.4 Å². The Morgan fingerprint density at radius 3 is 2.79 bits per heavy atom. The van der Waals surface area contributed by atoms with E-state index in [2.05, 4.69) is 20.6 Å². The number of β-amino-alcohol motifs (C(OH)–C–C–N with tert-alkyl or cyclic N) is 1. The molecule has 3 N–H and O–H groups in total. The largest absolute Gasteiger partial charge is 0.453 e. The predicted octanol–water partition coefficient (Wildman–Crippen LogP) is 2.65. The molecule has 3 aliphatic rings. The molecule has 2 aromatic carbocycles. The third kappa shape index (κ3) is 5.62. The molecule has 0 unspecified atom stereocenters. The summed E-state index contributed by atoms with van der Waals surface area (Å²) in [4.78, 5) is 33.4. The maximum Gasteiger partial charge on any atom is 0.453 e. The lowest BCUT2D eigenvalue weighted by atomic mass is 10.0. The summed E-state index contributed by atoms with van der Waals surface area (Å²) in [6.45, 7) is 1.58. The molecule has 2 atom stereocenters. The van der Waals surface area contributed by atoms with Gasteiger partial charge in [-0.25, -0.2) is 5.01 Å². The molecule has 0 saturated carbocycles. The molecule has 3 heterocycles. The fourth-order valence-electron chi connectivity index (χ4n) is 4.93. The van der Waals surface area contributed by atoms with Gasteiger partial charge in [-0.1, -0.05) is 29.9 Å². The fourth-order valence-corrected chi connectivity index (χ4v) is 4.93. The number of hydrogen-bond acceptors (Lipinski definition) is 7. The highest BCUT2D eigenvalue weighted by atomic mass is 19.4. The first-order valence-electron chi connectivity index (χ1n) is 12.3. The maximum atomic E-state index is 13.4. The first-order chi connectivity index (χ1) is 18.1. The van der Waals surface area contributed by atoms with Crippen molar-refractivity contribution in [3.63, 3.8) is 0 Å². The minimum absolute atomic E-state index is 0.0802. The van der Waals surface area contributed by atoms with Crippen LogP contribution in [0.1, 0.15) is 29.2 Å². The summed E-state index contributed by atoms with van der Waals surface area (Å²) in [6.07, 6.45) is -3.19. The van der Waals surface area contributed by atoms with E-state index in [0.717, 1.165) is 27.9 Å². The number of aliphatic hydroxyl groups is 1. The van der Waals surface area contributed by atoms with Gasteiger partial charge in [-0.05, 0) is 41.3 Å². The topological polar surface area (TPSA) is 97.4 Å². The number of anilines is 2. The number of carbonyl (C=O) groups is 2. The minimum Gasteiger partial charge on any atom is -0.392 e. The number of allylic oxidation sites excluding steroid dienone is 1. The van der Waals surface area contributed by atoms with Gasteiger partial charge in [0.2, 0.25) is 17.6 Å². The van der Waals surface area contributed by atoms with Crippen molar-refractivity contribution in [2.75, 3.05) is 37.0 Å². The van der Waals surface area contributed by atoms with E-state index in [1.165, 1.54) is 0 Å². The molecule has 2 aromatic rings. The van der Waals surface area contributed by atoms with Crippen LogP contribution in [-0.4, -0.2) is 65.7 Å². The third-order valence-corrected chi connectivity index (χ3v) is 7.01. The quantitative estimate of drug-likeness (QED) is 0.506. The summed E-state index contributed by atoms with van der Waals surface area (Å²) in [5.41, 5.74) is 5.74. The first kappa shape index (κ1) is 26.0. The van der Waals surface area contributed by atoms with E-state index < -0.39 is 24.1 Å². The number of nitrogens with zero attached hydrogens (tertiary/aromatic N) is 3. The zero-order chi connectivity index (χ0) is 27.0. The van der Waals surface area contributed by atoms with Crippen LogP contribution in [0.15, 0.2) is 54.4 Å². The van der Waals surface area contributed by atoms with E-state index in [0.29, 0.717) is 43.9 Å². The molecule has 12 heteroatoms. The maximum absolute atomic E-state index is 13.4. The number of rotatable bonds is 7. The SMILES string of the molecule is CN(C(=O)Cc1ccc2c(c1)NC(=O)C2)[C@H](CN1CC[C@H](O)C1)c1cccc(N2C=C(C(F)(F)F)ON2)c1. The van der Waals surface area contributed by atoms with E-state index in [1.54, 1.807) is 30.1 Å². The number of amides is 2. The van der Waals surface area contributed by atoms with Gasteiger partial charge >= 0.3 is 6.18 Å². The fraction of sp³-hybridized carbons (Fsp3) is 0.385. The summed E-state index contributed by atoms with van der Waals surface area (Å²) in [5.74, 6) is -1.40. The van der Waals surface area contributed by atoms with Crippen LogP contribution >= 0.6 is 0 Å². The molecule has 202 valence electrons. The second-order valence-corrected chi connectivity index (χ2v) is 9.77. The Kier molecular flexibility index (Phi) is 7.03. The molecule has 5 rings (SSSR count). The Hall–Kier alpha value is -3.61. The number of benzene rings is 2. The summed E-state index contributed by atoms with van der Waals surface area (Å²) < 4.78 is 39.1. The smallest absolute Gasteiger partial charge is 0.392 e. The number of nitrogens with one attached hydrogen (secondary N) is 2. The highest BCUT2D eigenvalue weighted by Crippen LogP contribution is 2.32. The number of carbonyl (C=O) groups excluding carboxylic acids is 2. The van der Waals surface area contributed by atoms with E-state index in [4.69, 9.17) is 0 Å². The highest BCUT2D eigenvalue weighted by Gasteiger charge is 2.40. The van der Waals surface area contributed by atoms with Crippen molar-refractivity contribution >= 4 is 23.2 Å². The lowest BCUT2D eigenvalue weighted by Crippen LogP contribution is -2.39. The molecule has 2 amide bonds. The van der Waals surface area contributed by atoms with E-state index >= 15 is 0 Å². The zero-order valence-electron chi connectivity index (χ0n) is 20.7. The standard InChI is InChI=1S/C26H28F3N5O4/c1-32(25(37)10-16-5-6-17-12-24(36)30-21(17)9-16)22(14-33-8-7-20(35)13-33)18-3-2-4-19(11-18)34-15-23(38-31-34)26(27,28)29/h2-6,9,11,15,20,22,31,35H,7-8,10,12-14H2,1H3,(H,30,36)/t20-,22+/m0/s1. The number of likely N-dealkylation sites (N-methyl/N-ethyl adjacent to an activating group) is 1. The first-order valence-corrected chi connectivity index (χ1v) is 12.3. The van der Waals surface area contributed by atoms with Crippen molar-refractivity contribution in [2.45, 2.75) is 37.6 Å². The Bertz CT molecular complexity index is 1270. The average Bonchev–Trinajstić information content (AvgIpc) is 3.61. The van der Waals surface area contributed by atoms with Crippen LogP contribution < -0.4 is 15.9 Å². The molecule has 0 aromatic heterocycles. The number of aliphatic hydroxyl groups excluding tert-OH is 1. The van der Waals surface area contributed by atoms with E-state index in [9.17, 15) is 27.9 Å².